The van der Waals surface area contributed by atoms with Gasteiger partial charge in [0, 0.05) is 35.1 Å². The Balaban J connectivity index is 1.71. The highest BCUT2D eigenvalue weighted by molar-refractivity contribution is 6.32. The number of anilines is 1. The minimum atomic E-state index is -1.70. The van der Waals surface area contributed by atoms with Crippen LogP contribution in [0.3, 0.4) is 0 Å². The number of hydrogen-bond acceptors (Lipinski definition) is 8. The Labute approximate surface area is 231 Å². The summed E-state index contributed by atoms with van der Waals surface area (Å²) in [4.78, 5) is 56.9. The lowest BCUT2D eigenvalue weighted by Gasteiger charge is -2.37. The quantitative estimate of drug-likeness (QED) is 0.264. The lowest BCUT2D eigenvalue weighted by molar-refractivity contribution is -0.131. The molecule has 0 radical (unpaired) electrons. The summed E-state index contributed by atoms with van der Waals surface area (Å²) in [5, 5.41) is 0. The second kappa shape index (κ2) is 9.19. The van der Waals surface area contributed by atoms with Gasteiger partial charge in [0.15, 0.2) is 23.1 Å². The van der Waals surface area contributed by atoms with Crippen LogP contribution in [0.1, 0.15) is 51.6 Å². The van der Waals surface area contributed by atoms with Gasteiger partial charge in [-0.15, -0.1) is 0 Å². The number of rotatable bonds is 5. The van der Waals surface area contributed by atoms with Crippen LogP contribution in [-0.4, -0.2) is 49.6 Å². The summed E-state index contributed by atoms with van der Waals surface area (Å²) in [6, 6.07) is 15.3. The van der Waals surface area contributed by atoms with Gasteiger partial charge >= 0.3 is 5.97 Å². The van der Waals surface area contributed by atoms with Gasteiger partial charge in [0.1, 0.15) is 16.9 Å². The smallest absolute Gasteiger partial charge is 0.308 e. The van der Waals surface area contributed by atoms with Crippen molar-refractivity contribution >= 4 is 35.1 Å². The average molecular weight is 538 g/mol. The molecule has 1 fully saturated rings. The number of ether oxygens (including phenoxy) is 3. The molecule has 8 nitrogen and oxygen atoms in total. The fourth-order valence-electron chi connectivity index (χ4n) is 6.80. The third-order valence-corrected chi connectivity index (χ3v) is 8.23. The predicted octanol–water partition coefficient (Wildman–Crippen LogP) is 4.65. The van der Waals surface area contributed by atoms with Crippen molar-refractivity contribution in [1.82, 2.24) is 0 Å². The molecule has 6 rings (SSSR count). The number of hydrogen-bond donors (Lipinski definition) is 0. The fraction of sp³-hybridized carbons (Fsp3) is 0.250. The summed E-state index contributed by atoms with van der Waals surface area (Å²) >= 11 is 0. The number of methoxy groups -OCH3 is 2. The van der Waals surface area contributed by atoms with E-state index in [-0.39, 0.29) is 23.1 Å². The maximum absolute atomic E-state index is 14.6. The summed E-state index contributed by atoms with van der Waals surface area (Å²) in [5.41, 5.74) is 0.616. The van der Waals surface area contributed by atoms with E-state index in [1.807, 2.05) is 18.2 Å². The van der Waals surface area contributed by atoms with Crippen LogP contribution >= 0.6 is 0 Å². The number of nitrogens with zero attached hydrogens (tertiary/aromatic N) is 1. The molecule has 2 aliphatic heterocycles. The van der Waals surface area contributed by atoms with Crippen molar-refractivity contribution in [3.63, 3.8) is 0 Å². The Morgan fingerprint density at radius 3 is 2.15 bits per heavy atom. The molecule has 202 valence electrons. The number of fused-ring (bicyclic) bond motifs is 5. The van der Waals surface area contributed by atoms with Crippen LogP contribution in [0.5, 0.6) is 17.2 Å². The van der Waals surface area contributed by atoms with Crippen molar-refractivity contribution < 1.29 is 33.4 Å². The van der Waals surface area contributed by atoms with Gasteiger partial charge in [-0.05, 0) is 31.2 Å². The van der Waals surface area contributed by atoms with E-state index in [0.29, 0.717) is 39.4 Å². The molecule has 8 heteroatoms. The highest BCUT2D eigenvalue weighted by atomic mass is 16.5. The molecule has 0 N–H and O–H groups in total. The zero-order valence-electron chi connectivity index (χ0n) is 22.5. The number of para-hydroxylation sites is 1. The van der Waals surface area contributed by atoms with Crippen molar-refractivity contribution in [3.8, 4) is 17.2 Å². The van der Waals surface area contributed by atoms with Gasteiger partial charge < -0.3 is 19.1 Å². The fourth-order valence-corrected chi connectivity index (χ4v) is 6.80. The van der Waals surface area contributed by atoms with Crippen molar-refractivity contribution in [3.05, 3.63) is 89.0 Å². The zero-order valence-corrected chi connectivity index (χ0v) is 22.5. The summed E-state index contributed by atoms with van der Waals surface area (Å²) in [7, 11) is 3.03. The molecule has 3 aliphatic rings. The maximum atomic E-state index is 14.6. The maximum Gasteiger partial charge on any atom is 0.308 e. The lowest BCUT2D eigenvalue weighted by Crippen LogP contribution is -2.48. The van der Waals surface area contributed by atoms with Crippen LogP contribution in [0.15, 0.2) is 66.7 Å². The van der Waals surface area contributed by atoms with Crippen LogP contribution in [0.2, 0.25) is 0 Å². The predicted molar refractivity (Wildman–Crippen MR) is 147 cm³/mol. The van der Waals surface area contributed by atoms with Crippen LogP contribution in [0, 0.1) is 5.41 Å². The molecule has 0 bridgehead atoms. The molecule has 3 aromatic carbocycles. The first-order valence-corrected chi connectivity index (χ1v) is 12.9. The van der Waals surface area contributed by atoms with Crippen molar-refractivity contribution in [1.29, 1.82) is 0 Å². The number of esters is 1. The molecule has 1 aliphatic carbocycles. The number of carbonyl (C=O) groups excluding carboxylic acids is 4. The average Bonchev–Trinajstić information content (AvgIpc) is 3.38. The van der Waals surface area contributed by atoms with E-state index in [0.717, 1.165) is 0 Å². The highest BCUT2D eigenvalue weighted by Crippen LogP contribution is 2.62. The Kier molecular flexibility index (Phi) is 5.87. The first-order valence-electron chi connectivity index (χ1n) is 12.9. The second-order valence-corrected chi connectivity index (χ2v) is 10.2. The Morgan fingerprint density at radius 2 is 1.55 bits per heavy atom. The van der Waals surface area contributed by atoms with Gasteiger partial charge in [-0.3, -0.25) is 19.2 Å². The highest BCUT2D eigenvalue weighted by Gasteiger charge is 2.71. The van der Waals surface area contributed by atoms with E-state index >= 15 is 0 Å². The largest absolute Gasteiger partial charge is 0.497 e. The van der Waals surface area contributed by atoms with Gasteiger partial charge in [0.25, 0.3) is 0 Å². The molecule has 40 heavy (non-hydrogen) atoms. The summed E-state index contributed by atoms with van der Waals surface area (Å²) in [6.45, 7) is 2.75. The number of carbonyl (C=O) groups is 4. The van der Waals surface area contributed by atoms with Crippen LogP contribution in [-0.2, 0) is 9.59 Å². The Hall–Kier alpha value is -4.72. The standard InChI is InChI=1S/C32H27NO7/c1-17(34)28-27(23-16-20(38-3)13-14-24(23)39-4)32(30(36)21-9-5-6-10-22(21)31(32)37)26-15-12-19-8-7-11-25(40-18(2)35)29(19)33(26)28/h5-16,26-28H,1-4H3/t26-,27-,28-/m0/s1. The Morgan fingerprint density at radius 1 is 0.850 bits per heavy atom. The third-order valence-electron chi connectivity index (χ3n) is 8.23. The first-order chi connectivity index (χ1) is 19.2. The molecule has 1 spiro atoms. The van der Waals surface area contributed by atoms with Gasteiger partial charge in [-0.2, -0.15) is 0 Å². The van der Waals surface area contributed by atoms with E-state index in [1.54, 1.807) is 59.5 Å². The van der Waals surface area contributed by atoms with E-state index in [2.05, 4.69) is 0 Å². The molecule has 2 heterocycles. The third kappa shape index (κ3) is 3.31. The normalized spacial score (nSPS) is 21.6. The molecule has 3 aromatic rings. The minimum absolute atomic E-state index is 0.245. The molecular formula is C32H27NO7. The molecule has 0 aromatic heterocycles. The second-order valence-electron chi connectivity index (χ2n) is 10.2. The van der Waals surface area contributed by atoms with E-state index in [4.69, 9.17) is 14.2 Å². The van der Waals surface area contributed by atoms with Crippen molar-refractivity contribution in [2.24, 2.45) is 5.41 Å². The van der Waals surface area contributed by atoms with Gasteiger partial charge in [0.2, 0.25) is 0 Å². The lowest BCUT2D eigenvalue weighted by atomic mass is 9.64. The zero-order chi connectivity index (χ0) is 28.3. The van der Waals surface area contributed by atoms with Crippen molar-refractivity contribution in [2.45, 2.75) is 31.8 Å². The number of benzene rings is 3. The first kappa shape index (κ1) is 25.6. The SMILES string of the molecule is COc1ccc(OC)c([C@H]2[C@H](C(C)=O)N3c4c(cccc4OC(C)=O)C=C[C@H]3C23C(=O)c2ccccc2C3=O)c1. The van der Waals surface area contributed by atoms with E-state index in [1.165, 1.54) is 28.1 Å². The monoisotopic (exact) mass is 537 g/mol. The number of ketones is 3. The molecule has 0 amide bonds. The molecule has 0 unspecified atom stereocenters. The van der Waals surface area contributed by atoms with Crippen LogP contribution in [0.4, 0.5) is 5.69 Å². The summed E-state index contributed by atoms with van der Waals surface area (Å²) < 4.78 is 16.9. The van der Waals surface area contributed by atoms with Gasteiger partial charge in [-0.1, -0.05) is 48.6 Å². The van der Waals surface area contributed by atoms with Crippen molar-refractivity contribution in [2.75, 3.05) is 19.1 Å². The van der Waals surface area contributed by atoms with E-state index in [9.17, 15) is 19.2 Å². The Bertz CT molecular complexity index is 1600. The van der Waals surface area contributed by atoms with Gasteiger partial charge in [-0.25, -0.2) is 0 Å². The van der Waals surface area contributed by atoms with Crippen LogP contribution < -0.4 is 19.1 Å². The van der Waals surface area contributed by atoms with E-state index < -0.39 is 29.4 Å². The molecule has 0 saturated carbocycles. The molecular weight excluding hydrogens is 510 g/mol. The molecule has 1 saturated heterocycles. The summed E-state index contributed by atoms with van der Waals surface area (Å²) in [6.07, 6.45) is 3.63. The minimum Gasteiger partial charge on any atom is -0.497 e. The summed E-state index contributed by atoms with van der Waals surface area (Å²) in [5.74, 6) is -1.30. The number of Topliss-reactive ketones (excluding diaryl/α,β-unsaturated/α-hetero) is 3. The van der Waals surface area contributed by atoms with Gasteiger partial charge in [0.05, 0.1) is 32.0 Å². The van der Waals surface area contributed by atoms with Crippen LogP contribution in [0.25, 0.3) is 6.08 Å². The molecule has 3 atom stereocenters. The topological polar surface area (TPSA) is 99.2 Å².